The molecule has 0 heterocycles. The van der Waals surface area contributed by atoms with Gasteiger partial charge in [-0.25, -0.2) is 4.79 Å². The van der Waals surface area contributed by atoms with Gasteiger partial charge in [-0.05, 0) is 34.1 Å². The van der Waals surface area contributed by atoms with E-state index >= 15 is 0 Å². The van der Waals surface area contributed by atoms with Crippen LogP contribution in [0, 0.1) is 0 Å². The first-order valence-corrected chi connectivity index (χ1v) is 5.53. The zero-order chi connectivity index (χ0) is 12.8. The van der Waals surface area contributed by atoms with E-state index in [2.05, 4.69) is 10.6 Å². The van der Waals surface area contributed by atoms with Crippen molar-refractivity contribution in [2.75, 3.05) is 6.54 Å². The lowest BCUT2D eigenvalue weighted by molar-refractivity contribution is -0.122. The second kappa shape index (κ2) is 6.35. The van der Waals surface area contributed by atoms with Crippen LogP contribution in [-0.2, 0) is 9.53 Å². The predicted molar refractivity (Wildman–Crippen MR) is 62.1 cm³/mol. The van der Waals surface area contributed by atoms with Gasteiger partial charge < -0.3 is 15.4 Å². The van der Waals surface area contributed by atoms with Crippen molar-refractivity contribution in [3.05, 3.63) is 0 Å². The lowest BCUT2D eigenvalue weighted by Gasteiger charge is -2.21. The summed E-state index contributed by atoms with van der Waals surface area (Å²) in [7, 11) is 0. The minimum absolute atomic E-state index is 0.201. The third-order valence-electron chi connectivity index (χ3n) is 1.68. The minimum atomic E-state index is -0.582. The molecule has 0 fully saturated rings. The number of rotatable bonds is 4. The van der Waals surface area contributed by atoms with Crippen molar-refractivity contribution in [2.45, 2.75) is 52.7 Å². The van der Waals surface area contributed by atoms with Crippen molar-refractivity contribution in [3.8, 4) is 0 Å². The quantitative estimate of drug-likeness (QED) is 0.767. The van der Waals surface area contributed by atoms with Gasteiger partial charge in [-0.15, -0.1) is 0 Å². The predicted octanol–water partition coefficient (Wildman–Crippen LogP) is 1.43. The van der Waals surface area contributed by atoms with E-state index < -0.39 is 17.7 Å². The van der Waals surface area contributed by atoms with Gasteiger partial charge in [0.25, 0.3) is 0 Å². The summed E-state index contributed by atoms with van der Waals surface area (Å²) >= 11 is 0. The van der Waals surface area contributed by atoms with Crippen molar-refractivity contribution in [1.29, 1.82) is 0 Å². The molecule has 0 saturated heterocycles. The molecule has 0 bridgehead atoms. The Morgan fingerprint density at radius 2 is 1.88 bits per heavy atom. The first kappa shape index (κ1) is 14.7. The zero-order valence-corrected chi connectivity index (χ0v) is 10.7. The van der Waals surface area contributed by atoms with Crippen LogP contribution in [0.5, 0.6) is 0 Å². The van der Waals surface area contributed by atoms with E-state index in [9.17, 15) is 9.59 Å². The highest BCUT2D eigenvalue weighted by Crippen LogP contribution is 2.06. The fourth-order valence-corrected chi connectivity index (χ4v) is 0.951. The molecule has 94 valence electrons. The molecule has 0 unspecified atom stereocenters. The standard InChI is InChI=1S/C11H22N2O3/c1-6-7-12-9(14)8(2)13-10(15)16-11(3,4)5/h8H,6-7H2,1-5H3,(H,12,14)(H,13,15)/t8-/m1/s1. The van der Waals surface area contributed by atoms with Crippen LogP contribution in [0.2, 0.25) is 0 Å². The first-order chi connectivity index (χ1) is 7.26. The smallest absolute Gasteiger partial charge is 0.408 e. The Balaban J connectivity index is 3.99. The van der Waals surface area contributed by atoms with Crippen LogP contribution in [0.25, 0.3) is 0 Å². The molecule has 5 heteroatoms. The second-order valence-corrected chi connectivity index (χ2v) is 4.66. The topological polar surface area (TPSA) is 67.4 Å². The molecule has 0 aromatic rings. The van der Waals surface area contributed by atoms with E-state index in [1.807, 2.05) is 6.92 Å². The maximum atomic E-state index is 11.4. The molecule has 0 aliphatic carbocycles. The molecule has 0 spiro atoms. The molecular weight excluding hydrogens is 208 g/mol. The van der Waals surface area contributed by atoms with Gasteiger partial charge in [0.2, 0.25) is 5.91 Å². The summed E-state index contributed by atoms with van der Waals surface area (Å²) in [5, 5.41) is 5.16. The Morgan fingerprint density at radius 1 is 1.31 bits per heavy atom. The summed E-state index contributed by atoms with van der Waals surface area (Å²) < 4.78 is 5.03. The highest BCUT2D eigenvalue weighted by atomic mass is 16.6. The largest absolute Gasteiger partial charge is 0.444 e. The van der Waals surface area contributed by atoms with Crippen molar-refractivity contribution in [3.63, 3.8) is 0 Å². The van der Waals surface area contributed by atoms with E-state index in [0.29, 0.717) is 6.54 Å². The maximum Gasteiger partial charge on any atom is 0.408 e. The molecule has 1 atom stereocenters. The number of ether oxygens (including phenoxy) is 1. The number of alkyl carbamates (subject to hydrolysis) is 1. The Labute approximate surface area is 96.9 Å². The fraction of sp³-hybridized carbons (Fsp3) is 0.818. The number of nitrogens with one attached hydrogen (secondary N) is 2. The third kappa shape index (κ3) is 7.09. The van der Waals surface area contributed by atoms with Crippen LogP contribution in [0.1, 0.15) is 41.0 Å². The van der Waals surface area contributed by atoms with Crippen LogP contribution in [0.15, 0.2) is 0 Å². The molecule has 2 N–H and O–H groups in total. The van der Waals surface area contributed by atoms with Crippen LogP contribution in [0.3, 0.4) is 0 Å². The van der Waals surface area contributed by atoms with Crippen LogP contribution in [-0.4, -0.2) is 30.2 Å². The van der Waals surface area contributed by atoms with E-state index in [1.54, 1.807) is 27.7 Å². The number of hydrogen-bond acceptors (Lipinski definition) is 3. The lowest BCUT2D eigenvalue weighted by Crippen LogP contribution is -2.46. The third-order valence-corrected chi connectivity index (χ3v) is 1.68. The molecule has 0 rings (SSSR count). The molecule has 16 heavy (non-hydrogen) atoms. The summed E-state index contributed by atoms with van der Waals surface area (Å²) in [6.45, 7) is 9.51. The number of carbonyl (C=O) groups excluding carboxylic acids is 2. The lowest BCUT2D eigenvalue weighted by atomic mass is 10.2. The van der Waals surface area contributed by atoms with E-state index in [-0.39, 0.29) is 5.91 Å². The Bertz CT molecular complexity index is 246. The maximum absolute atomic E-state index is 11.4. The van der Waals surface area contributed by atoms with Crippen LogP contribution in [0.4, 0.5) is 4.79 Å². The fourth-order valence-electron chi connectivity index (χ4n) is 0.951. The second-order valence-electron chi connectivity index (χ2n) is 4.66. The highest BCUT2D eigenvalue weighted by molar-refractivity contribution is 5.85. The number of hydrogen-bond donors (Lipinski definition) is 2. The van der Waals surface area contributed by atoms with Crippen molar-refractivity contribution < 1.29 is 14.3 Å². The zero-order valence-electron chi connectivity index (χ0n) is 10.7. The van der Waals surface area contributed by atoms with Crippen LogP contribution < -0.4 is 10.6 Å². The van der Waals surface area contributed by atoms with Gasteiger partial charge in [0.05, 0.1) is 0 Å². The number of amides is 2. The molecule has 0 aromatic heterocycles. The van der Waals surface area contributed by atoms with Gasteiger partial charge in [-0.2, -0.15) is 0 Å². The Kier molecular flexibility index (Phi) is 5.85. The first-order valence-electron chi connectivity index (χ1n) is 5.53. The molecule has 0 aliphatic rings. The Morgan fingerprint density at radius 3 is 2.31 bits per heavy atom. The van der Waals surface area contributed by atoms with Gasteiger partial charge in [-0.3, -0.25) is 4.79 Å². The highest BCUT2D eigenvalue weighted by Gasteiger charge is 2.20. The summed E-state index contributed by atoms with van der Waals surface area (Å²) in [6, 6.07) is -0.582. The summed E-state index contributed by atoms with van der Waals surface area (Å²) in [4.78, 5) is 22.8. The SMILES string of the molecule is CCCNC(=O)[C@@H](C)NC(=O)OC(C)(C)C. The van der Waals surface area contributed by atoms with Crippen molar-refractivity contribution >= 4 is 12.0 Å². The monoisotopic (exact) mass is 230 g/mol. The van der Waals surface area contributed by atoms with Gasteiger partial charge in [0.15, 0.2) is 0 Å². The average Bonchev–Trinajstić information content (AvgIpc) is 2.10. The van der Waals surface area contributed by atoms with E-state index in [0.717, 1.165) is 6.42 Å². The number of carbonyl (C=O) groups is 2. The minimum Gasteiger partial charge on any atom is -0.444 e. The average molecular weight is 230 g/mol. The molecule has 0 radical (unpaired) electrons. The molecular formula is C11H22N2O3. The summed E-state index contributed by atoms with van der Waals surface area (Å²) in [5.74, 6) is -0.201. The molecule has 0 aliphatic heterocycles. The molecule has 0 aromatic carbocycles. The molecule has 2 amide bonds. The van der Waals surface area contributed by atoms with Gasteiger partial charge >= 0.3 is 6.09 Å². The summed E-state index contributed by atoms with van der Waals surface area (Å²) in [5.41, 5.74) is -0.552. The van der Waals surface area contributed by atoms with Crippen molar-refractivity contribution in [2.24, 2.45) is 0 Å². The van der Waals surface area contributed by atoms with Crippen molar-refractivity contribution in [1.82, 2.24) is 10.6 Å². The van der Waals surface area contributed by atoms with E-state index in [4.69, 9.17) is 4.74 Å². The molecule has 0 saturated carbocycles. The molecule has 5 nitrogen and oxygen atoms in total. The van der Waals surface area contributed by atoms with E-state index in [1.165, 1.54) is 0 Å². The van der Waals surface area contributed by atoms with Crippen LogP contribution >= 0.6 is 0 Å². The van der Waals surface area contributed by atoms with Gasteiger partial charge in [0, 0.05) is 6.54 Å². The summed E-state index contributed by atoms with van der Waals surface area (Å²) in [6.07, 6.45) is 0.289. The Hall–Kier alpha value is -1.26. The normalized spacial score (nSPS) is 12.8. The van der Waals surface area contributed by atoms with Gasteiger partial charge in [-0.1, -0.05) is 6.92 Å². The van der Waals surface area contributed by atoms with Gasteiger partial charge in [0.1, 0.15) is 11.6 Å².